The lowest BCUT2D eigenvalue weighted by Crippen LogP contribution is -2.02. The molecule has 4 nitrogen and oxygen atoms in total. The van der Waals surface area contributed by atoms with Gasteiger partial charge in [0.2, 0.25) is 0 Å². The van der Waals surface area contributed by atoms with Crippen molar-refractivity contribution in [3.63, 3.8) is 0 Å². The number of hydrogen-bond donors (Lipinski definition) is 0. The maximum absolute atomic E-state index is 11.2. The van der Waals surface area contributed by atoms with Crippen LogP contribution in [0.2, 0.25) is 0 Å². The Morgan fingerprint density at radius 2 is 1.18 bits per heavy atom. The molecule has 22 heavy (non-hydrogen) atoms. The highest BCUT2D eigenvalue weighted by Crippen LogP contribution is 2.20. The molecule has 0 saturated heterocycles. The van der Waals surface area contributed by atoms with Crippen molar-refractivity contribution in [1.82, 2.24) is 0 Å². The molecular weight excluding hydrogens is 280 g/mol. The maximum atomic E-state index is 11.2. The number of aryl methyl sites for hydroxylation is 2. The summed E-state index contributed by atoms with van der Waals surface area (Å²) >= 11 is 0. The minimum atomic E-state index is -0.196. The van der Waals surface area contributed by atoms with Crippen molar-refractivity contribution in [2.24, 2.45) is 0 Å². The summed E-state index contributed by atoms with van der Waals surface area (Å²) in [6.07, 6.45) is 2.12. The molecule has 2 rings (SSSR count). The lowest BCUT2D eigenvalue weighted by Gasteiger charge is -2.06. The number of methoxy groups -OCH3 is 2. The van der Waals surface area contributed by atoms with Crippen LogP contribution < -0.4 is 0 Å². The highest BCUT2D eigenvalue weighted by atomic mass is 16.5. The van der Waals surface area contributed by atoms with Crippen molar-refractivity contribution in [1.29, 1.82) is 0 Å². The van der Waals surface area contributed by atoms with Crippen LogP contribution >= 0.6 is 0 Å². The Bertz CT molecular complexity index is 617. The molecule has 0 aromatic heterocycles. The van der Waals surface area contributed by atoms with Crippen LogP contribution in [0.5, 0.6) is 0 Å². The highest BCUT2D eigenvalue weighted by molar-refractivity contribution is 5.84. The number of carbonyl (C=O) groups is 2. The Morgan fingerprint density at radius 3 is 1.55 bits per heavy atom. The summed E-state index contributed by atoms with van der Waals surface area (Å²) in [4.78, 5) is 22.4. The number of rotatable bonds is 6. The zero-order valence-corrected chi connectivity index (χ0v) is 12.9. The van der Waals surface area contributed by atoms with Crippen molar-refractivity contribution >= 4 is 22.7 Å². The monoisotopic (exact) mass is 300 g/mol. The Kier molecular flexibility index (Phi) is 5.53. The van der Waals surface area contributed by atoms with E-state index in [4.69, 9.17) is 0 Å². The van der Waals surface area contributed by atoms with Crippen molar-refractivity contribution in [3.8, 4) is 0 Å². The molecule has 0 heterocycles. The second-order valence-electron chi connectivity index (χ2n) is 5.17. The third-order valence-electron chi connectivity index (χ3n) is 3.66. The number of ether oxygens (including phenoxy) is 2. The summed E-state index contributed by atoms with van der Waals surface area (Å²) in [7, 11) is 2.80. The van der Waals surface area contributed by atoms with Crippen LogP contribution in [0.3, 0.4) is 0 Å². The van der Waals surface area contributed by atoms with Crippen molar-refractivity contribution in [2.45, 2.75) is 25.7 Å². The molecule has 0 saturated carbocycles. The van der Waals surface area contributed by atoms with E-state index in [1.165, 1.54) is 14.2 Å². The average Bonchev–Trinajstić information content (AvgIpc) is 2.57. The topological polar surface area (TPSA) is 52.6 Å². The summed E-state index contributed by atoms with van der Waals surface area (Å²) in [6.45, 7) is 0. The lowest BCUT2D eigenvalue weighted by atomic mass is 10.0. The van der Waals surface area contributed by atoms with Crippen molar-refractivity contribution < 1.29 is 19.1 Å². The molecule has 0 radical (unpaired) electrons. The number of benzene rings is 2. The Morgan fingerprint density at radius 1 is 0.773 bits per heavy atom. The van der Waals surface area contributed by atoms with E-state index < -0.39 is 0 Å². The predicted octanol–water partition coefficient (Wildman–Crippen LogP) is 3.05. The van der Waals surface area contributed by atoms with Gasteiger partial charge in [0, 0.05) is 12.8 Å². The van der Waals surface area contributed by atoms with Crippen LogP contribution in [-0.4, -0.2) is 26.2 Å². The largest absolute Gasteiger partial charge is 0.469 e. The van der Waals surface area contributed by atoms with Gasteiger partial charge >= 0.3 is 11.9 Å². The fourth-order valence-corrected chi connectivity index (χ4v) is 2.35. The van der Waals surface area contributed by atoms with Gasteiger partial charge in [0.05, 0.1) is 14.2 Å². The van der Waals surface area contributed by atoms with E-state index in [0.29, 0.717) is 25.7 Å². The molecule has 116 valence electrons. The Hall–Kier alpha value is -2.36. The third kappa shape index (κ3) is 4.32. The first-order valence-electron chi connectivity index (χ1n) is 7.27. The average molecular weight is 300 g/mol. The summed E-state index contributed by atoms with van der Waals surface area (Å²) < 4.78 is 9.31. The highest BCUT2D eigenvalue weighted by Gasteiger charge is 2.05. The van der Waals surface area contributed by atoms with Gasteiger partial charge in [0.15, 0.2) is 0 Å². The zero-order chi connectivity index (χ0) is 15.9. The molecule has 0 aliphatic heterocycles. The third-order valence-corrected chi connectivity index (χ3v) is 3.66. The molecule has 0 aliphatic rings. The number of hydrogen-bond acceptors (Lipinski definition) is 4. The van der Waals surface area contributed by atoms with Gasteiger partial charge in [-0.3, -0.25) is 9.59 Å². The zero-order valence-electron chi connectivity index (χ0n) is 12.9. The molecule has 0 atom stereocenters. The number of carbonyl (C=O) groups excluding carboxylic acids is 2. The quantitative estimate of drug-likeness (QED) is 0.769. The second-order valence-corrected chi connectivity index (χ2v) is 5.17. The van der Waals surface area contributed by atoms with Crippen LogP contribution in [0.25, 0.3) is 10.8 Å². The smallest absolute Gasteiger partial charge is 0.305 e. The molecule has 0 unspecified atom stereocenters. The molecule has 0 aliphatic carbocycles. The van der Waals surface area contributed by atoms with Crippen molar-refractivity contribution in [3.05, 3.63) is 47.5 Å². The molecule has 2 aromatic carbocycles. The van der Waals surface area contributed by atoms with Gasteiger partial charge in [0.1, 0.15) is 0 Å². The first kappa shape index (κ1) is 16.0. The normalized spacial score (nSPS) is 10.5. The van der Waals surface area contributed by atoms with Gasteiger partial charge < -0.3 is 9.47 Å². The first-order chi connectivity index (χ1) is 10.6. The second kappa shape index (κ2) is 7.59. The van der Waals surface area contributed by atoms with Gasteiger partial charge in [-0.05, 0) is 34.7 Å². The van der Waals surface area contributed by atoms with Gasteiger partial charge in [-0.1, -0.05) is 36.4 Å². The molecule has 0 amide bonds. The van der Waals surface area contributed by atoms with Gasteiger partial charge in [-0.15, -0.1) is 0 Å². The fourth-order valence-electron chi connectivity index (χ4n) is 2.35. The van der Waals surface area contributed by atoms with Crippen LogP contribution in [0.15, 0.2) is 36.4 Å². The summed E-state index contributed by atoms with van der Waals surface area (Å²) in [5.41, 5.74) is 2.22. The van der Waals surface area contributed by atoms with Crippen molar-refractivity contribution in [2.75, 3.05) is 14.2 Å². The van der Waals surface area contributed by atoms with Gasteiger partial charge in [-0.2, -0.15) is 0 Å². The molecule has 2 aromatic rings. The van der Waals surface area contributed by atoms with Crippen LogP contribution in [0, 0.1) is 0 Å². The van der Waals surface area contributed by atoms with Crippen LogP contribution in [-0.2, 0) is 31.9 Å². The standard InChI is InChI=1S/C18H20O4/c1-21-17(19)9-5-13-3-7-16-12-14(4-8-15(16)11-13)6-10-18(20)22-2/h3-4,7-8,11-12H,5-6,9-10H2,1-2H3. The summed E-state index contributed by atoms with van der Waals surface area (Å²) in [5.74, 6) is -0.392. The van der Waals surface area contributed by atoms with Crippen LogP contribution in [0.1, 0.15) is 24.0 Å². The maximum Gasteiger partial charge on any atom is 0.305 e. The van der Waals surface area contributed by atoms with E-state index in [9.17, 15) is 9.59 Å². The molecule has 0 bridgehead atoms. The van der Waals surface area contributed by atoms with E-state index in [0.717, 1.165) is 21.9 Å². The van der Waals surface area contributed by atoms with E-state index >= 15 is 0 Å². The van der Waals surface area contributed by atoms with E-state index in [1.54, 1.807) is 0 Å². The van der Waals surface area contributed by atoms with Gasteiger partial charge in [-0.25, -0.2) is 0 Å². The summed E-state index contributed by atoms with van der Waals surface area (Å²) in [5, 5.41) is 2.26. The minimum Gasteiger partial charge on any atom is -0.469 e. The molecular formula is C18H20O4. The van der Waals surface area contributed by atoms with E-state index in [1.807, 2.05) is 24.3 Å². The van der Waals surface area contributed by atoms with Gasteiger partial charge in [0.25, 0.3) is 0 Å². The Balaban J connectivity index is 2.08. The van der Waals surface area contributed by atoms with E-state index in [-0.39, 0.29) is 11.9 Å². The fraction of sp³-hybridized carbons (Fsp3) is 0.333. The number of fused-ring (bicyclic) bond motifs is 1. The lowest BCUT2D eigenvalue weighted by molar-refractivity contribution is -0.141. The molecule has 0 N–H and O–H groups in total. The molecule has 0 spiro atoms. The molecule has 4 heteroatoms. The minimum absolute atomic E-state index is 0.196. The Labute approximate surface area is 130 Å². The summed E-state index contributed by atoms with van der Waals surface area (Å²) in [6, 6.07) is 12.3. The molecule has 0 fully saturated rings. The number of esters is 2. The van der Waals surface area contributed by atoms with Crippen LogP contribution in [0.4, 0.5) is 0 Å². The first-order valence-corrected chi connectivity index (χ1v) is 7.27. The predicted molar refractivity (Wildman–Crippen MR) is 84.6 cm³/mol. The van der Waals surface area contributed by atoms with E-state index in [2.05, 4.69) is 21.6 Å². The SMILES string of the molecule is COC(=O)CCc1ccc2cc(CCC(=O)OC)ccc2c1.